The van der Waals surface area contributed by atoms with Crippen LogP contribution in [0.3, 0.4) is 0 Å². The molecule has 5 N–H and O–H groups in total. The van der Waals surface area contributed by atoms with Crippen LogP contribution in [0.2, 0.25) is 0 Å². The molecule has 1 saturated heterocycles. The molecule has 0 bridgehead atoms. The molecule has 2 aromatic rings. The topological polar surface area (TPSA) is 152 Å². The molecule has 0 radical (unpaired) electrons. The Bertz CT molecular complexity index is 1250. The van der Waals surface area contributed by atoms with Crippen LogP contribution in [0.5, 0.6) is 0 Å². The van der Waals surface area contributed by atoms with Crippen LogP contribution in [-0.2, 0) is 28.1 Å². The van der Waals surface area contributed by atoms with Crippen molar-refractivity contribution in [3.8, 4) is 0 Å². The molecule has 11 heteroatoms. The predicted octanol–water partition coefficient (Wildman–Crippen LogP) is 0.514. The third-order valence-corrected chi connectivity index (χ3v) is 6.97. The van der Waals surface area contributed by atoms with E-state index in [4.69, 9.17) is 15.6 Å². The number of carbonyl (C=O) groups excluding carboxylic acids is 4. The number of fused-ring (bicyclic) bond motifs is 2. The first-order valence-electron chi connectivity index (χ1n) is 11.9. The summed E-state index contributed by atoms with van der Waals surface area (Å²) in [4.78, 5) is 54.8. The number of nitrogens with one attached hydrogen (secondary N) is 1. The minimum Gasteiger partial charge on any atom is -0.365 e. The lowest BCUT2D eigenvalue weighted by molar-refractivity contribution is -0.153. The average Bonchev–Trinajstić information content (AvgIpc) is 3.42. The van der Waals surface area contributed by atoms with Crippen molar-refractivity contribution in [1.29, 1.82) is 0 Å². The van der Waals surface area contributed by atoms with Gasteiger partial charge in [0.2, 0.25) is 5.91 Å². The van der Waals surface area contributed by atoms with Gasteiger partial charge in [0.25, 0.3) is 17.7 Å². The van der Waals surface area contributed by atoms with E-state index >= 15 is 0 Å². The summed E-state index contributed by atoms with van der Waals surface area (Å²) >= 11 is 0.725. The number of rotatable bonds is 6. The van der Waals surface area contributed by atoms with Gasteiger partial charge in [0.15, 0.2) is 5.01 Å². The highest BCUT2D eigenvalue weighted by molar-refractivity contribution is 7.15. The monoisotopic (exact) mass is 473 g/mol. The first-order chi connectivity index (χ1) is 16.9. The second-order valence-corrected chi connectivity index (χ2v) is 9.19. The second kappa shape index (κ2) is 8.56. The quantitative estimate of drug-likeness (QED) is 0.556. The van der Waals surface area contributed by atoms with E-state index in [1.807, 2.05) is 0 Å². The Balaban J connectivity index is 1.73. The smallest absolute Gasteiger partial charge is 0.277 e. The number of benzene rings is 1. The van der Waals surface area contributed by atoms with Gasteiger partial charge >= 0.3 is 0 Å². The molecule has 1 aromatic carbocycles. The van der Waals surface area contributed by atoms with Crippen molar-refractivity contribution in [2.45, 2.75) is 38.7 Å². The van der Waals surface area contributed by atoms with Gasteiger partial charge in [-0.15, -0.1) is 11.3 Å². The van der Waals surface area contributed by atoms with Crippen molar-refractivity contribution in [2.75, 3.05) is 13.1 Å². The molecule has 0 spiro atoms. The van der Waals surface area contributed by atoms with Gasteiger partial charge in [0, 0.05) is 36.1 Å². The van der Waals surface area contributed by atoms with Gasteiger partial charge in [0.05, 0.1) is 5.69 Å². The molecule has 1 fully saturated rings. The highest BCUT2D eigenvalue weighted by Gasteiger charge is 2.47. The van der Waals surface area contributed by atoms with Crippen LogP contribution < -0.4 is 16.8 Å². The van der Waals surface area contributed by atoms with Crippen LogP contribution in [0.25, 0.3) is 0 Å². The molecule has 0 aliphatic carbocycles. The molecule has 0 saturated carbocycles. The van der Waals surface area contributed by atoms with Gasteiger partial charge in [-0.25, -0.2) is 9.99 Å². The second-order valence-electron chi connectivity index (χ2n) is 8.19. The summed E-state index contributed by atoms with van der Waals surface area (Å²) in [6.45, 7) is -0.157. The number of nitrogens with two attached hydrogens (primary N) is 2. The number of primary amides is 2. The average molecular weight is 474 g/mol. The Hall–Kier alpha value is -3.31. The van der Waals surface area contributed by atoms with Crippen LogP contribution in [0, 0.1) is 5.92 Å². The fraction of sp³-hybridized carbons (Fsp3) is 0.409. The van der Waals surface area contributed by atoms with E-state index in [1.54, 1.807) is 29.3 Å². The van der Waals surface area contributed by atoms with E-state index in [2.05, 4.69) is 10.3 Å². The molecule has 4 amide bonds. The summed E-state index contributed by atoms with van der Waals surface area (Å²) in [5.74, 6) is -4.06. The maximum Gasteiger partial charge on any atom is 0.277 e. The molecule has 4 rings (SSSR count). The fourth-order valence-corrected chi connectivity index (χ4v) is 4.99. The minimum absolute atomic E-state index is 0.0161. The van der Waals surface area contributed by atoms with E-state index < -0.39 is 41.9 Å². The van der Waals surface area contributed by atoms with Crippen LogP contribution >= 0.6 is 11.3 Å². The number of hydrazine groups is 1. The minimum atomic E-state index is -2.92. The zero-order valence-electron chi connectivity index (χ0n) is 21.0. The Morgan fingerprint density at radius 3 is 2.73 bits per heavy atom. The summed E-state index contributed by atoms with van der Waals surface area (Å²) in [5.41, 5.74) is 9.28. The molecular weight excluding hydrogens is 444 g/mol. The van der Waals surface area contributed by atoms with Crippen molar-refractivity contribution < 1.29 is 23.3 Å². The Morgan fingerprint density at radius 2 is 2.03 bits per heavy atom. The molecule has 2 aliphatic rings. The number of nitrogens with zero attached hydrogens (tertiary/aromatic N) is 3. The van der Waals surface area contributed by atoms with E-state index in [0.29, 0.717) is 31.6 Å². The lowest BCUT2D eigenvalue weighted by Gasteiger charge is -2.34. The molecule has 174 valence electrons. The highest BCUT2D eigenvalue weighted by atomic mass is 32.1. The molecule has 2 atom stereocenters. The molecular formula is C22H26N6O4S. The zero-order valence-corrected chi connectivity index (χ0v) is 18.8. The number of thiazole rings is 1. The van der Waals surface area contributed by atoms with Gasteiger partial charge in [0.1, 0.15) is 10.4 Å². The normalized spacial score (nSPS) is 22.9. The van der Waals surface area contributed by atoms with E-state index in [0.717, 1.165) is 11.3 Å². The van der Waals surface area contributed by atoms with Crippen molar-refractivity contribution >= 4 is 35.0 Å². The van der Waals surface area contributed by atoms with Crippen molar-refractivity contribution in [2.24, 2.45) is 17.4 Å². The standard InChI is InChI=1S/C22H26N6O4S/c1-12(10-15-16(17(23)29)33-20(25-15)18(24)30)19(31)26-22(2)14-7-4-3-6-13(14)11-27-8-5-9-28(27)21(22)32/h3-4,6-7,12H,5,8-11H2,1-2H3,(H2,23,29)(H2,24,30)(H,26,31)/t12-,22-/m1/s1/i2D3. The van der Waals surface area contributed by atoms with E-state index in [-0.39, 0.29) is 27.6 Å². The highest BCUT2D eigenvalue weighted by Crippen LogP contribution is 2.34. The van der Waals surface area contributed by atoms with Crippen LogP contribution in [0.1, 0.15) is 60.6 Å². The van der Waals surface area contributed by atoms with Gasteiger partial charge in [-0.1, -0.05) is 31.2 Å². The summed E-state index contributed by atoms with van der Waals surface area (Å²) in [6.07, 6.45) is 0.549. The van der Waals surface area contributed by atoms with E-state index in [1.165, 1.54) is 11.9 Å². The third-order valence-electron chi connectivity index (χ3n) is 5.85. The first-order valence-corrected chi connectivity index (χ1v) is 11.2. The van der Waals surface area contributed by atoms with Crippen molar-refractivity contribution in [3.63, 3.8) is 0 Å². The number of amides is 4. The summed E-state index contributed by atoms with van der Waals surface area (Å²) in [7, 11) is 0. The maximum absolute atomic E-state index is 13.9. The Kier molecular flexibility index (Phi) is 4.98. The van der Waals surface area contributed by atoms with Gasteiger partial charge < -0.3 is 16.8 Å². The predicted molar refractivity (Wildman–Crippen MR) is 121 cm³/mol. The molecule has 33 heavy (non-hydrogen) atoms. The van der Waals surface area contributed by atoms with Gasteiger partial charge in [-0.05, 0) is 24.4 Å². The first kappa shape index (κ1) is 19.2. The number of carbonyl (C=O) groups is 4. The van der Waals surface area contributed by atoms with Crippen LogP contribution in [-0.4, -0.2) is 51.7 Å². The third kappa shape index (κ3) is 4.09. The molecule has 0 unspecified atom stereocenters. The molecule has 3 heterocycles. The molecule has 2 aliphatic heterocycles. The largest absolute Gasteiger partial charge is 0.365 e. The van der Waals surface area contributed by atoms with Gasteiger partial charge in [-0.2, -0.15) is 0 Å². The lowest BCUT2D eigenvalue weighted by atomic mass is 9.86. The van der Waals surface area contributed by atoms with Crippen LogP contribution in [0.4, 0.5) is 0 Å². The molecule has 10 nitrogen and oxygen atoms in total. The summed E-state index contributed by atoms with van der Waals surface area (Å²) in [5, 5.41) is 5.65. The SMILES string of the molecule is [2H]C([2H])([2H])[C@]1(NC(=O)[C@H](C)Cc2nc(C(N)=O)sc2C(N)=O)C(=O)N2CCCN2Cc2ccccc21. The summed E-state index contributed by atoms with van der Waals surface area (Å²) < 4.78 is 25.2. The van der Waals surface area contributed by atoms with Crippen molar-refractivity contribution in [1.82, 2.24) is 20.3 Å². The van der Waals surface area contributed by atoms with E-state index in [9.17, 15) is 19.2 Å². The number of hydrogen-bond donors (Lipinski definition) is 3. The Morgan fingerprint density at radius 1 is 1.27 bits per heavy atom. The summed E-state index contributed by atoms with van der Waals surface area (Å²) in [6, 6.07) is 6.69. The van der Waals surface area contributed by atoms with Crippen LogP contribution in [0.15, 0.2) is 24.3 Å². The number of aromatic nitrogens is 1. The van der Waals surface area contributed by atoms with Gasteiger partial charge in [-0.3, -0.25) is 24.2 Å². The maximum atomic E-state index is 13.9. The zero-order chi connectivity index (χ0) is 26.4. The van der Waals surface area contributed by atoms with Crippen molar-refractivity contribution in [3.05, 3.63) is 51.0 Å². The number of hydrogen-bond acceptors (Lipinski definition) is 7. The lowest BCUT2D eigenvalue weighted by Crippen LogP contribution is -2.57. The molecule has 1 aromatic heterocycles. The fourth-order valence-electron chi connectivity index (χ4n) is 4.19. The Labute approximate surface area is 199 Å².